The van der Waals surface area contributed by atoms with Crippen molar-refractivity contribution in [1.29, 1.82) is 0 Å². The van der Waals surface area contributed by atoms with Crippen LogP contribution in [0.1, 0.15) is 25.0 Å². The molecule has 5 heteroatoms. The van der Waals surface area contributed by atoms with Crippen LogP contribution in [-0.2, 0) is 6.54 Å². The number of aliphatic hydroxyl groups is 1. The fourth-order valence-corrected chi connectivity index (χ4v) is 3.18. The van der Waals surface area contributed by atoms with Crippen LogP contribution in [0, 0.1) is 6.92 Å². The molecule has 1 aromatic heterocycles. The highest BCUT2D eigenvalue weighted by molar-refractivity contribution is 5.92. The Hall–Kier alpha value is -2.66. The standard InChI is InChI=1S/C21H25N3O2/c1-4-26-19-11-6-5-9-17(19)13-24(12-16(3)25)21-20-15(2)8-7-10-18(20)22-14-23-21/h5-11,14,16,25H,4,12-13H2,1-3H3/t16-/m1/s1. The van der Waals surface area contributed by atoms with E-state index < -0.39 is 6.10 Å². The number of anilines is 1. The molecule has 0 saturated heterocycles. The van der Waals surface area contributed by atoms with Gasteiger partial charge in [-0.3, -0.25) is 0 Å². The molecule has 1 heterocycles. The molecule has 2 aromatic carbocycles. The molecule has 0 aliphatic rings. The maximum atomic E-state index is 10.1. The van der Waals surface area contributed by atoms with Crippen molar-refractivity contribution < 1.29 is 9.84 Å². The maximum absolute atomic E-state index is 10.1. The number of nitrogens with zero attached hydrogens (tertiary/aromatic N) is 3. The predicted molar refractivity (Wildman–Crippen MR) is 105 cm³/mol. The smallest absolute Gasteiger partial charge is 0.140 e. The zero-order valence-corrected chi connectivity index (χ0v) is 15.5. The Morgan fingerprint density at radius 3 is 2.69 bits per heavy atom. The second-order valence-electron chi connectivity index (χ2n) is 6.44. The van der Waals surface area contributed by atoms with Crippen LogP contribution in [0.3, 0.4) is 0 Å². The number of aliphatic hydroxyl groups excluding tert-OH is 1. The monoisotopic (exact) mass is 351 g/mol. The second-order valence-corrected chi connectivity index (χ2v) is 6.44. The molecule has 26 heavy (non-hydrogen) atoms. The van der Waals surface area contributed by atoms with E-state index in [1.807, 2.05) is 37.3 Å². The van der Waals surface area contributed by atoms with E-state index in [1.165, 1.54) is 0 Å². The van der Waals surface area contributed by atoms with Crippen molar-refractivity contribution in [1.82, 2.24) is 9.97 Å². The van der Waals surface area contributed by atoms with Crippen LogP contribution in [0.5, 0.6) is 5.75 Å². The molecule has 0 unspecified atom stereocenters. The van der Waals surface area contributed by atoms with Gasteiger partial charge in [-0.05, 0) is 38.5 Å². The third-order valence-corrected chi connectivity index (χ3v) is 4.27. The van der Waals surface area contributed by atoms with Crippen molar-refractivity contribution in [3.8, 4) is 5.75 Å². The Morgan fingerprint density at radius 1 is 1.12 bits per heavy atom. The van der Waals surface area contributed by atoms with Gasteiger partial charge in [0.1, 0.15) is 17.9 Å². The minimum absolute atomic E-state index is 0.473. The lowest BCUT2D eigenvalue weighted by Gasteiger charge is -2.27. The van der Waals surface area contributed by atoms with Gasteiger partial charge >= 0.3 is 0 Å². The van der Waals surface area contributed by atoms with Gasteiger partial charge in [0.05, 0.1) is 18.2 Å². The lowest BCUT2D eigenvalue weighted by atomic mass is 10.1. The second kappa shape index (κ2) is 8.15. The van der Waals surface area contributed by atoms with E-state index in [0.717, 1.165) is 33.6 Å². The van der Waals surface area contributed by atoms with Crippen molar-refractivity contribution in [2.75, 3.05) is 18.1 Å². The summed E-state index contributed by atoms with van der Waals surface area (Å²) in [5.41, 5.74) is 3.09. The molecule has 0 spiro atoms. The Balaban J connectivity index is 2.06. The Labute approximate surface area is 154 Å². The summed E-state index contributed by atoms with van der Waals surface area (Å²) in [5, 5.41) is 11.1. The molecule has 3 rings (SSSR count). The summed E-state index contributed by atoms with van der Waals surface area (Å²) in [6.07, 6.45) is 1.10. The van der Waals surface area contributed by atoms with Crippen LogP contribution in [0.25, 0.3) is 10.9 Å². The van der Waals surface area contributed by atoms with E-state index in [-0.39, 0.29) is 0 Å². The molecule has 0 aliphatic heterocycles. The minimum Gasteiger partial charge on any atom is -0.494 e. The first-order valence-electron chi connectivity index (χ1n) is 8.94. The van der Waals surface area contributed by atoms with Gasteiger partial charge in [0.25, 0.3) is 0 Å². The number of ether oxygens (including phenoxy) is 1. The van der Waals surface area contributed by atoms with Crippen LogP contribution in [0.4, 0.5) is 5.82 Å². The number of hydrogen-bond donors (Lipinski definition) is 1. The number of hydrogen-bond acceptors (Lipinski definition) is 5. The number of rotatable bonds is 7. The predicted octanol–water partition coefficient (Wildman–Crippen LogP) is 3.72. The quantitative estimate of drug-likeness (QED) is 0.703. The first-order chi connectivity index (χ1) is 12.6. The highest BCUT2D eigenvalue weighted by atomic mass is 16.5. The van der Waals surface area contributed by atoms with E-state index in [1.54, 1.807) is 13.3 Å². The van der Waals surface area contributed by atoms with Crippen molar-refractivity contribution in [3.63, 3.8) is 0 Å². The molecule has 1 atom stereocenters. The van der Waals surface area contributed by atoms with Gasteiger partial charge in [0, 0.05) is 24.0 Å². The highest BCUT2D eigenvalue weighted by Crippen LogP contribution is 2.29. The van der Waals surface area contributed by atoms with Gasteiger partial charge < -0.3 is 14.7 Å². The van der Waals surface area contributed by atoms with Gasteiger partial charge in [-0.1, -0.05) is 30.3 Å². The summed E-state index contributed by atoms with van der Waals surface area (Å²) < 4.78 is 5.77. The third kappa shape index (κ3) is 3.94. The highest BCUT2D eigenvalue weighted by Gasteiger charge is 2.18. The zero-order chi connectivity index (χ0) is 18.5. The molecule has 0 aliphatic carbocycles. The Bertz CT molecular complexity index is 875. The van der Waals surface area contributed by atoms with Crippen LogP contribution in [-0.4, -0.2) is 34.3 Å². The molecule has 1 N–H and O–H groups in total. The fraction of sp³-hybridized carbons (Fsp3) is 0.333. The number of aromatic nitrogens is 2. The summed E-state index contributed by atoms with van der Waals surface area (Å²) >= 11 is 0. The number of fused-ring (bicyclic) bond motifs is 1. The van der Waals surface area contributed by atoms with Gasteiger partial charge in [0.2, 0.25) is 0 Å². The summed E-state index contributed by atoms with van der Waals surface area (Å²) in [7, 11) is 0. The fourth-order valence-electron chi connectivity index (χ4n) is 3.18. The summed E-state index contributed by atoms with van der Waals surface area (Å²) in [6, 6.07) is 14.0. The van der Waals surface area contributed by atoms with Gasteiger partial charge in [0.15, 0.2) is 0 Å². The maximum Gasteiger partial charge on any atom is 0.140 e. The number of para-hydroxylation sites is 1. The minimum atomic E-state index is -0.483. The van der Waals surface area contributed by atoms with Crippen LogP contribution >= 0.6 is 0 Å². The number of aryl methyl sites for hydroxylation is 1. The van der Waals surface area contributed by atoms with Gasteiger partial charge in [-0.15, -0.1) is 0 Å². The Morgan fingerprint density at radius 2 is 1.92 bits per heavy atom. The summed E-state index contributed by atoms with van der Waals surface area (Å²) in [5.74, 6) is 1.70. The Kier molecular flexibility index (Phi) is 5.68. The zero-order valence-electron chi connectivity index (χ0n) is 15.5. The lowest BCUT2D eigenvalue weighted by molar-refractivity contribution is 0.199. The van der Waals surface area contributed by atoms with Crippen molar-refractivity contribution in [2.45, 2.75) is 33.4 Å². The molecule has 0 fully saturated rings. The van der Waals surface area contributed by atoms with E-state index in [4.69, 9.17) is 4.74 Å². The van der Waals surface area contributed by atoms with E-state index in [9.17, 15) is 5.11 Å². The average Bonchev–Trinajstić information content (AvgIpc) is 2.62. The third-order valence-electron chi connectivity index (χ3n) is 4.27. The molecule has 3 aromatic rings. The average molecular weight is 351 g/mol. The largest absolute Gasteiger partial charge is 0.494 e. The molecular formula is C21H25N3O2. The first kappa shape index (κ1) is 18.1. The molecule has 0 radical (unpaired) electrons. The van der Waals surface area contributed by atoms with Crippen molar-refractivity contribution in [3.05, 3.63) is 59.9 Å². The van der Waals surface area contributed by atoms with Gasteiger partial charge in [-0.2, -0.15) is 0 Å². The lowest BCUT2D eigenvalue weighted by Crippen LogP contribution is -2.31. The van der Waals surface area contributed by atoms with E-state index >= 15 is 0 Å². The molecule has 5 nitrogen and oxygen atoms in total. The molecule has 0 amide bonds. The van der Waals surface area contributed by atoms with Crippen molar-refractivity contribution in [2.24, 2.45) is 0 Å². The van der Waals surface area contributed by atoms with E-state index in [2.05, 4.69) is 33.9 Å². The summed E-state index contributed by atoms with van der Waals surface area (Å²) in [4.78, 5) is 11.0. The van der Waals surface area contributed by atoms with E-state index in [0.29, 0.717) is 19.7 Å². The first-order valence-corrected chi connectivity index (χ1v) is 8.94. The molecule has 0 saturated carbocycles. The molecule has 136 valence electrons. The van der Waals surface area contributed by atoms with Crippen LogP contribution in [0.2, 0.25) is 0 Å². The van der Waals surface area contributed by atoms with Gasteiger partial charge in [-0.25, -0.2) is 9.97 Å². The topological polar surface area (TPSA) is 58.5 Å². The van der Waals surface area contributed by atoms with Crippen LogP contribution in [0.15, 0.2) is 48.8 Å². The summed E-state index contributed by atoms with van der Waals surface area (Å²) in [6.45, 7) is 7.51. The van der Waals surface area contributed by atoms with Crippen molar-refractivity contribution >= 4 is 16.7 Å². The number of benzene rings is 2. The molecule has 0 bridgehead atoms. The normalized spacial score (nSPS) is 12.2. The molecular weight excluding hydrogens is 326 g/mol. The SMILES string of the molecule is CCOc1ccccc1CN(C[C@@H](C)O)c1ncnc2cccc(C)c12. The van der Waals surface area contributed by atoms with Crippen LogP contribution < -0.4 is 9.64 Å².